The number of aromatic nitrogens is 4. The van der Waals surface area contributed by atoms with E-state index >= 15 is 0 Å². The highest BCUT2D eigenvalue weighted by atomic mass is 16.6. The first kappa shape index (κ1) is 29.2. The van der Waals surface area contributed by atoms with E-state index in [1.165, 1.54) is 15.8 Å². The topological polar surface area (TPSA) is 169 Å². The minimum absolute atomic E-state index is 0.0540. The Kier molecular flexibility index (Phi) is 7.78. The van der Waals surface area contributed by atoms with Crippen molar-refractivity contribution < 1.29 is 29.0 Å². The number of ether oxygens (including phenoxy) is 1. The molecule has 5 atom stereocenters. The predicted octanol–water partition coefficient (Wildman–Crippen LogP) is 2.32. The molecular weight excluding hydrogens is 542 g/mol. The quantitative estimate of drug-likeness (QED) is 0.378. The molecule has 2 aromatic rings. The molecule has 5 unspecified atom stereocenters. The molecule has 3 aliphatic rings. The van der Waals surface area contributed by atoms with Crippen LogP contribution in [0.25, 0.3) is 11.4 Å². The van der Waals surface area contributed by atoms with Crippen LogP contribution < -0.4 is 10.6 Å². The Morgan fingerprint density at radius 1 is 1.19 bits per heavy atom. The lowest BCUT2D eigenvalue weighted by molar-refractivity contribution is -0.146. The average Bonchev–Trinajstić information content (AvgIpc) is 3.25. The van der Waals surface area contributed by atoms with Crippen molar-refractivity contribution in [3.63, 3.8) is 0 Å². The van der Waals surface area contributed by atoms with Gasteiger partial charge < -0.3 is 25.4 Å². The second-order valence-electron chi connectivity index (χ2n) is 12.4. The lowest BCUT2D eigenvalue weighted by Crippen LogP contribution is -2.59. The number of benzene rings is 1. The summed E-state index contributed by atoms with van der Waals surface area (Å²) in [6, 6.07) is 6.71. The number of alkyl carbamates (subject to hydrolysis) is 1. The van der Waals surface area contributed by atoms with Gasteiger partial charge in [0.1, 0.15) is 23.7 Å². The first-order valence-electron chi connectivity index (χ1n) is 14.2. The molecule has 0 bridgehead atoms. The maximum Gasteiger partial charge on any atom is 0.408 e. The van der Waals surface area contributed by atoms with Crippen molar-refractivity contribution in [1.29, 1.82) is 0 Å². The van der Waals surface area contributed by atoms with Crippen LogP contribution in [-0.2, 0) is 19.1 Å². The zero-order valence-corrected chi connectivity index (χ0v) is 24.0. The molecule has 1 aliphatic heterocycles. The van der Waals surface area contributed by atoms with Crippen molar-refractivity contribution in [1.82, 2.24) is 35.7 Å². The van der Waals surface area contributed by atoms with Gasteiger partial charge in [0.15, 0.2) is 0 Å². The molecule has 3 fully saturated rings. The van der Waals surface area contributed by atoms with Crippen molar-refractivity contribution in [2.45, 2.75) is 82.6 Å². The third-order valence-corrected chi connectivity index (χ3v) is 8.38. The highest BCUT2D eigenvalue weighted by molar-refractivity contribution is 5.96. The monoisotopic (exact) mass is 579 g/mol. The number of rotatable bonds is 9. The standard InChI is InChI=1S/C29H37N7O6/c1-5-18-15-29(18,26(39)40)31-24(37)21-14-19(36-33-23(32-34-36)17-10-7-6-8-11-17)16-35(21)25(38)22(28(2,3)4)30-27(41)42-20-12-9-13-20/h5-8,10-11,18-22H,1,9,12-16H2,2-4H3,(H,30,41)(H,31,37)(H,39,40). The van der Waals surface area contributed by atoms with Crippen LogP contribution in [0.5, 0.6) is 0 Å². The molecule has 1 aromatic carbocycles. The normalized spacial score (nSPS) is 26.1. The Labute approximate surface area is 243 Å². The van der Waals surface area contributed by atoms with Crippen molar-refractivity contribution in [3.05, 3.63) is 43.0 Å². The van der Waals surface area contributed by atoms with E-state index < -0.39 is 58.9 Å². The van der Waals surface area contributed by atoms with Gasteiger partial charge in [0, 0.05) is 24.4 Å². The fourth-order valence-corrected chi connectivity index (χ4v) is 5.48. The average molecular weight is 580 g/mol. The van der Waals surface area contributed by atoms with Crippen LogP contribution in [0.2, 0.25) is 0 Å². The minimum Gasteiger partial charge on any atom is -0.479 e. The summed E-state index contributed by atoms with van der Waals surface area (Å²) in [6.45, 7) is 9.16. The maximum atomic E-state index is 14.1. The molecule has 1 saturated heterocycles. The number of carbonyl (C=O) groups excluding carboxylic acids is 3. The largest absolute Gasteiger partial charge is 0.479 e. The molecule has 3 amide bonds. The van der Waals surface area contributed by atoms with Gasteiger partial charge in [0.05, 0.1) is 6.04 Å². The highest BCUT2D eigenvalue weighted by Crippen LogP contribution is 2.45. The number of carboxylic acid groups (broad SMARTS) is 1. The van der Waals surface area contributed by atoms with Crippen LogP contribution in [-0.4, -0.2) is 84.4 Å². The van der Waals surface area contributed by atoms with E-state index in [1.807, 2.05) is 51.1 Å². The van der Waals surface area contributed by atoms with Gasteiger partial charge in [0.25, 0.3) is 0 Å². The first-order chi connectivity index (χ1) is 19.9. The Balaban J connectivity index is 1.41. The molecule has 5 rings (SSSR count). The second-order valence-corrected chi connectivity index (χ2v) is 12.4. The van der Waals surface area contributed by atoms with Gasteiger partial charge in [-0.25, -0.2) is 9.59 Å². The van der Waals surface area contributed by atoms with Crippen LogP contribution in [0.15, 0.2) is 43.0 Å². The molecule has 13 nitrogen and oxygen atoms in total. The number of carboxylic acids is 1. The lowest BCUT2D eigenvalue weighted by atomic mass is 9.85. The summed E-state index contributed by atoms with van der Waals surface area (Å²) in [5.74, 6) is -2.28. The Bertz CT molecular complexity index is 1370. The van der Waals surface area contributed by atoms with Gasteiger partial charge in [-0.15, -0.1) is 16.8 Å². The van der Waals surface area contributed by atoms with Crippen molar-refractivity contribution >= 4 is 23.9 Å². The molecule has 13 heteroatoms. The minimum atomic E-state index is -1.47. The SMILES string of the molecule is C=CC1CC1(NC(=O)C1CC(n2nnc(-c3ccccc3)n2)CN1C(=O)C(NC(=O)OC1CCC1)C(C)(C)C)C(=O)O. The molecule has 3 N–H and O–H groups in total. The number of hydrogen-bond donors (Lipinski definition) is 3. The van der Waals surface area contributed by atoms with E-state index in [0.717, 1.165) is 24.8 Å². The Morgan fingerprint density at radius 3 is 2.48 bits per heavy atom. The zero-order valence-electron chi connectivity index (χ0n) is 24.0. The van der Waals surface area contributed by atoms with E-state index in [9.17, 15) is 24.3 Å². The van der Waals surface area contributed by atoms with Crippen LogP contribution >= 0.6 is 0 Å². The Hall–Kier alpha value is -4.29. The van der Waals surface area contributed by atoms with Crippen LogP contribution in [0.4, 0.5) is 4.79 Å². The number of aliphatic carboxylic acids is 1. The van der Waals surface area contributed by atoms with E-state index in [4.69, 9.17) is 4.74 Å². The van der Waals surface area contributed by atoms with Gasteiger partial charge in [-0.3, -0.25) is 9.59 Å². The second kappa shape index (κ2) is 11.2. The van der Waals surface area contributed by atoms with Gasteiger partial charge in [-0.1, -0.05) is 57.2 Å². The smallest absolute Gasteiger partial charge is 0.408 e. The number of nitrogens with zero attached hydrogens (tertiary/aromatic N) is 5. The fourth-order valence-electron chi connectivity index (χ4n) is 5.48. The van der Waals surface area contributed by atoms with E-state index in [0.29, 0.717) is 5.82 Å². The van der Waals surface area contributed by atoms with Gasteiger partial charge in [-0.2, -0.15) is 4.80 Å². The van der Waals surface area contributed by atoms with Crippen molar-refractivity contribution in [2.75, 3.05) is 6.54 Å². The third-order valence-electron chi connectivity index (χ3n) is 8.38. The number of likely N-dealkylation sites (tertiary alicyclic amines) is 1. The van der Waals surface area contributed by atoms with E-state index in [-0.39, 0.29) is 25.5 Å². The molecule has 2 aliphatic carbocycles. The summed E-state index contributed by atoms with van der Waals surface area (Å²) >= 11 is 0. The van der Waals surface area contributed by atoms with Gasteiger partial charge in [0.2, 0.25) is 17.6 Å². The van der Waals surface area contributed by atoms with Crippen LogP contribution in [0.3, 0.4) is 0 Å². The molecule has 42 heavy (non-hydrogen) atoms. The number of nitrogens with one attached hydrogen (secondary N) is 2. The highest BCUT2D eigenvalue weighted by Gasteiger charge is 2.61. The van der Waals surface area contributed by atoms with Crippen molar-refractivity contribution in [2.24, 2.45) is 11.3 Å². The summed E-state index contributed by atoms with van der Waals surface area (Å²) in [6.07, 6.45) is 3.54. The summed E-state index contributed by atoms with van der Waals surface area (Å²) in [5, 5.41) is 28.1. The molecule has 0 radical (unpaired) electrons. The number of amides is 3. The molecule has 2 saturated carbocycles. The van der Waals surface area contributed by atoms with Gasteiger partial charge in [-0.05, 0) is 36.3 Å². The first-order valence-corrected chi connectivity index (χ1v) is 14.2. The zero-order chi connectivity index (χ0) is 30.2. The number of carbonyl (C=O) groups is 4. The van der Waals surface area contributed by atoms with Crippen LogP contribution in [0, 0.1) is 11.3 Å². The third kappa shape index (κ3) is 5.72. The summed E-state index contributed by atoms with van der Waals surface area (Å²) in [5.41, 5.74) is -1.43. The molecule has 0 spiro atoms. The van der Waals surface area contributed by atoms with Crippen molar-refractivity contribution in [3.8, 4) is 11.4 Å². The lowest BCUT2D eigenvalue weighted by Gasteiger charge is -2.36. The molecule has 1 aromatic heterocycles. The fraction of sp³-hybridized carbons (Fsp3) is 0.552. The molecular formula is C29H37N7O6. The van der Waals surface area contributed by atoms with E-state index in [2.05, 4.69) is 32.6 Å². The predicted molar refractivity (Wildman–Crippen MR) is 150 cm³/mol. The number of hydrogen-bond acceptors (Lipinski definition) is 8. The summed E-state index contributed by atoms with van der Waals surface area (Å²) in [4.78, 5) is 55.4. The summed E-state index contributed by atoms with van der Waals surface area (Å²) < 4.78 is 5.45. The summed E-state index contributed by atoms with van der Waals surface area (Å²) in [7, 11) is 0. The van der Waals surface area contributed by atoms with E-state index in [1.54, 1.807) is 0 Å². The van der Waals surface area contributed by atoms with Gasteiger partial charge >= 0.3 is 12.1 Å². The number of tetrazole rings is 1. The Morgan fingerprint density at radius 2 is 1.90 bits per heavy atom. The maximum absolute atomic E-state index is 14.1. The molecule has 224 valence electrons. The van der Waals surface area contributed by atoms with Crippen LogP contribution in [0.1, 0.15) is 58.9 Å². The molecule has 2 heterocycles.